The normalized spacial score (nSPS) is 16.6. The highest BCUT2D eigenvalue weighted by atomic mass is 79.9. The molecular weight excluding hydrogens is 262 g/mol. The molecule has 1 aliphatic rings. The summed E-state index contributed by atoms with van der Waals surface area (Å²) >= 11 is 3.35. The highest BCUT2D eigenvalue weighted by Gasteiger charge is 2.24. The first-order valence-electron chi connectivity index (χ1n) is 4.29. The summed E-state index contributed by atoms with van der Waals surface area (Å²) in [4.78, 5) is 22.1. The van der Waals surface area contributed by atoms with Crippen LogP contribution < -0.4 is 16.0 Å². The molecule has 1 aliphatic heterocycles. The van der Waals surface area contributed by atoms with Gasteiger partial charge in [-0.25, -0.2) is 9.59 Å². The van der Waals surface area contributed by atoms with Crippen LogP contribution in [0.15, 0.2) is 28.7 Å². The van der Waals surface area contributed by atoms with Crippen LogP contribution in [0.1, 0.15) is 11.7 Å². The molecule has 0 radical (unpaired) electrons. The number of rotatable bonds is 1. The number of imide groups is 1. The Balaban J connectivity index is 2.27. The Morgan fingerprint density at radius 2 is 1.67 bits per heavy atom. The van der Waals surface area contributed by atoms with Gasteiger partial charge in [-0.15, -0.1) is 0 Å². The molecule has 1 saturated heterocycles. The van der Waals surface area contributed by atoms with E-state index in [0.717, 1.165) is 10.0 Å². The SMILES string of the molecule is O=C1NC(=O)NC(c2ccccc2Br)N1. The fourth-order valence-corrected chi connectivity index (χ4v) is 1.85. The van der Waals surface area contributed by atoms with Crippen molar-refractivity contribution in [3.05, 3.63) is 34.3 Å². The Morgan fingerprint density at radius 1 is 1.07 bits per heavy atom. The maximum Gasteiger partial charge on any atom is 0.324 e. The molecule has 1 heterocycles. The number of carbonyl (C=O) groups excluding carboxylic acids is 2. The zero-order valence-electron chi connectivity index (χ0n) is 7.58. The summed E-state index contributed by atoms with van der Waals surface area (Å²) < 4.78 is 0.831. The van der Waals surface area contributed by atoms with E-state index in [-0.39, 0.29) is 0 Å². The Kier molecular flexibility index (Phi) is 2.59. The van der Waals surface area contributed by atoms with Crippen molar-refractivity contribution in [3.63, 3.8) is 0 Å². The van der Waals surface area contributed by atoms with Gasteiger partial charge >= 0.3 is 12.1 Å². The third-order valence-electron chi connectivity index (χ3n) is 1.99. The average molecular weight is 270 g/mol. The van der Waals surface area contributed by atoms with E-state index in [1.165, 1.54) is 0 Å². The van der Waals surface area contributed by atoms with E-state index in [2.05, 4.69) is 31.9 Å². The van der Waals surface area contributed by atoms with Crippen LogP contribution >= 0.6 is 15.9 Å². The molecule has 0 spiro atoms. The summed E-state index contributed by atoms with van der Waals surface area (Å²) in [6.45, 7) is 0. The topological polar surface area (TPSA) is 70.2 Å². The average Bonchev–Trinajstić information content (AvgIpc) is 2.16. The van der Waals surface area contributed by atoms with Gasteiger partial charge in [-0.3, -0.25) is 5.32 Å². The molecule has 1 fully saturated rings. The second kappa shape index (κ2) is 3.90. The lowest BCUT2D eigenvalue weighted by molar-refractivity contribution is 0.209. The lowest BCUT2D eigenvalue weighted by Gasteiger charge is -2.25. The van der Waals surface area contributed by atoms with Crippen LogP contribution in [0, 0.1) is 0 Å². The minimum absolute atomic E-state index is 0.498. The highest BCUT2D eigenvalue weighted by Crippen LogP contribution is 2.22. The molecule has 0 aliphatic carbocycles. The summed E-state index contributed by atoms with van der Waals surface area (Å²) in [7, 11) is 0. The van der Waals surface area contributed by atoms with E-state index < -0.39 is 18.2 Å². The molecule has 2 rings (SSSR count). The maximum absolute atomic E-state index is 11.1. The zero-order chi connectivity index (χ0) is 10.8. The molecule has 1 aromatic carbocycles. The number of amides is 4. The maximum atomic E-state index is 11.1. The molecule has 6 heteroatoms. The summed E-state index contributed by atoms with van der Waals surface area (Å²) in [6.07, 6.45) is -0.498. The molecule has 0 aromatic heterocycles. The zero-order valence-corrected chi connectivity index (χ0v) is 9.17. The second-order valence-corrected chi connectivity index (χ2v) is 3.88. The number of hydrogen-bond donors (Lipinski definition) is 3. The minimum atomic E-state index is -0.500. The van der Waals surface area contributed by atoms with Crippen molar-refractivity contribution in [3.8, 4) is 0 Å². The van der Waals surface area contributed by atoms with Crippen LogP contribution in [0.4, 0.5) is 9.59 Å². The van der Waals surface area contributed by atoms with Gasteiger partial charge in [0.2, 0.25) is 0 Å². The number of hydrogen-bond acceptors (Lipinski definition) is 2. The number of urea groups is 2. The van der Waals surface area contributed by atoms with Gasteiger partial charge in [0.05, 0.1) is 0 Å². The van der Waals surface area contributed by atoms with Crippen LogP contribution in [-0.2, 0) is 0 Å². The first-order valence-corrected chi connectivity index (χ1v) is 5.08. The van der Waals surface area contributed by atoms with Gasteiger partial charge in [-0.05, 0) is 6.07 Å². The van der Waals surface area contributed by atoms with Gasteiger partial charge in [0.15, 0.2) is 0 Å². The molecular formula is C9H8BrN3O2. The van der Waals surface area contributed by atoms with Crippen molar-refractivity contribution in [2.75, 3.05) is 0 Å². The van der Waals surface area contributed by atoms with E-state index in [1.54, 1.807) is 0 Å². The van der Waals surface area contributed by atoms with Crippen LogP contribution in [0.3, 0.4) is 0 Å². The molecule has 5 nitrogen and oxygen atoms in total. The molecule has 0 atom stereocenters. The summed E-state index contributed by atoms with van der Waals surface area (Å²) in [5, 5.41) is 7.27. The number of benzene rings is 1. The van der Waals surface area contributed by atoms with Crippen LogP contribution in [0.2, 0.25) is 0 Å². The van der Waals surface area contributed by atoms with Gasteiger partial charge in [0, 0.05) is 10.0 Å². The molecule has 3 N–H and O–H groups in total. The van der Waals surface area contributed by atoms with Crippen molar-refractivity contribution in [2.24, 2.45) is 0 Å². The Morgan fingerprint density at radius 3 is 2.27 bits per heavy atom. The summed E-state index contributed by atoms with van der Waals surface area (Å²) in [5.74, 6) is 0. The quantitative estimate of drug-likeness (QED) is 0.723. The largest absolute Gasteiger partial charge is 0.324 e. The lowest BCUT2D eigenvalue weighted by atomic mass is 10.1. The Hall–Kier alpha value is -1.56. The minimum Gasteiger partial charge on any atom is -0.313 e. The number of halogens is 1. The van der Waals surface area contributed by atoms with Gasteiger partial charge in [0.1, 0.15) is 6.17 Å². The smallest absolute Gasteiger partial charge is 0.313 e. The van der Waals surface area contributed by atoms with Gasteiger partial charge in [0.25, 0.3) is 0 Å². The van der Waals surface area contributed by atoms with Crippen LogP contribution in [-0.4, -0.2) is 12.1 Å². The first kappa shape index (κ1) is 9.97. The van der Waals surface area contributed by atoms with Crippen molar-refractivity contribution in [1.29, 1.82) is 0 Å². The van der Waals surface area contributed by atoms with E-state index in [9.17, 15) is 9.59 Å². The molecule has 0 saturated carbocycles. The third-order valence-corrected chi connectivity index (χ3v) is 2.72. The van der Waals surface area contributed by atoms with Crippen LogP contribution in [0.5, 0.6) is 0 Å². The first-order chi connectivity index (χ1) is 7.16. The van der Waals surface area contributed by atoms with Crippen molar-refractivity contribution in [2.45, 2.75) is 6.17 Å². The van der Waals surface area contributed by atoms with E-state index >= 15 is 0 Å². The summed E-state index contributed by atoms with van der Waals surface area (Å²) in [6, 6.07) is 6.36. The molecule has 0 bridgehead atoms. The Labute approximate surface area is 94.4 Å². The van der Waals surface area contributed by atoms with E-state index in [4.69, 9.17) is 0 Å². The van der Waals surface area contributed by atoms with Gasteiger partial charge < -0.3 is 10.6 Å². The van der Waals surface area contributed by atoms with E-state index in [0.29, 0.717) is 0 Å². The fourth-order valence-electron chi connectivity index (χ4n) is 1.34. The molecule has 78 valence electrons. The summed E-state index contributed by atoms with van der Waals surface area (Å²) in [5.41, 5.74) is 0.806. The van der Waals surface area contributed by atoms with Crippen molar-refractivity contribution >= 4 is 28.0 Å². The second-order valence-electron chi connectivity index (χ2n) is 3.03. The Bertz CT molecular complexity index is 406. The predicted octanol–water partition coefficient (Wildman–Crippen LogP) is 1.47. The monoisotopic (exact) mass is 269 g/mol. The number of nitrogens with one attached hydrogen (secondary N) is 3. The molecule has 4 amide bonds. The number of carbonyl (C=O) groups is 2. The molecule has 0 unspecified atom stereocenters. The van der Waals surface area contributed by atoms with Crippen LogP contribution in [0.25, 0.3) is 0 Å². The van der Waals surface area contributed by atoms with Crippen molar-refractivity contribution < 1.29 is 9.59 Å². The molecule has 1 aromatic rings. The third kappa shape index (κ3) is 2.10. The van der Waals surface area contributed by atoms with Gasteiger partial charge in [-0.1, -0.05) is 34.1 Å². The lowest BCUT2D eigenvalue weighted by Crippen LogP contribution is -2.57. The highest BCUT2D eigenvalue weighted by molar-refractivity contribution is 9.10. The van der Waals surface area contributed by atoms with E-state index in [1.807, 2.05) is 24.3 Å². The molecule has 15 heavy (non-hydrogen) atoms. The standard InChI is InChI=1S/C9H8BrN3O2/c10-6-4-2-1-3-5(6)7-11-8(14)13-9(15)12-7/h1-4,7H,(H3,11,12,13,14,15). The predicted molar refractivity (Wildman–Crippen MR) is 57.1 cm³/mol. The van der Waals surface area contributed by atoms with Gasteiger partial charge in [-0.2, -0.15) is 0 Å². The van der Waals surface area contributed by atoms with Crippen molar-refractivity contribution in [1.82, 2.24) is 16.0 Å². The fraction of sp³-hybridized carbons (Fsp3) is 0.111.